The fourth-order valence-corrected chi connectivity index (χ4v) is 4.66. The van der Waals surface area contributed by atoms with Crippen LogP contribution >= 0.6 is 11.8 Å². The molecule has 1 aliphatic heterocycles. The van der Waals surface area contributed by atoms with Crippen molar-refractivity contribution in [1.29, 1.82) is 0 Å². The average molecular weight is 317 g/mol. The molecule has 1 aliphatic rings. The highest BCUT2D eigenvalue weighted by Crippen LogP contribution is 2.21. The van der Waals surface area contributed by atoms with E-state index >= 15 is 0 Å². The Morgan fingerprint density at radius 3 is 2.60 bits per heavy atom. The van der Waals surface area contributed by atoms with Crippen LogP contribution in [-0.2, 0) is 14.6 Å². The molecule has 0 radical (unpaired) electrons. The van der Waals surface area contributed by atoms with Crippen molar-refractivity contribution in [2.75, 3.05) is 24.3 Å². The van der Waals surface area contributed by atoms with Crippen LogP contribution in [-0.4, -0.2) is 49.6 Å². The summed E-state index contributed by atoms with van der Waals surface area (Å²) in [6.07, 6.45) is 0.506. The summed E-state index contributed by atoms with van der Waals surface area (Å²) in [5.41, 5.74) is 0. The van der Waals surface area contributed by atoms with E-state index in [0.717, 1.165) is 4.90 Å². The second-order valence-electron chi connectivity index (χ2n) is 4.80. The SMILES string of the molecule is CN(C(=O)CSc1ccc(F)cc1)C1CCS(=O)(=O)C1. The van der Waals surface area contributed by atoms with Crippen LogP contribution in [0.4, 0.5) is 4.39 Å². The summed E-state index contributed by atoms with van der Waals surface area (Å²) in [7, 11) is -1.35. The van der Waals surface area contributed by atoms with Crippen molar-refractivity contribution < 1.29 is 17.6 Å². The number of rotatable bonds is 4. The highest BCUT2D eigenvalue weighted by molar-refractivity contribution is 8.00. The second kappa shape index (κ2) is 6.13. The van der Waals surface area contributed by atoms with E-state index in [4.69, 9.17) is 0 Å². The fourth-order valence-electron chi connectivity index (χ4n) is 2.06. The molecule has 1 fully saturated rings. The third-order valence-corrected chi connectivity index (χ3v) is 6.07. The van der Waals surface area contributed by atoms with Crippen LogP contribution < -0.4 is 0 Å². The van der Waals surface area contributed by atoms with Gasteiger partial charge >= 0.3 is 0 Å². The van der Waals surface area contributed by atoms with Crippen molar-refractivity contribution in [2.45, 2.75) is 17.4 Å². The molecule has 1 amide bonds. The highest BCUT2D eigenvalue weighted by atomic mass is 32.2. The monoisotopic (exact) mass is 317 g/mol. The van der Waals surface area contributed by atoms with E-state index in [-0.39, 0.29) is 35.0 Å². The van der Waals surface area contributed by atoms with Crippen molar-refractivity contribution in [3.63, 3.8) is 0 Å². The Labute approximate surface area is 122 Å². The van der Waals surface area contributed by atoms with Crippen molar-refractivity contribution in [3.8, 4) is 0 Å². The zero-order chi connectivity index (χ0) is 14.8. The third kappa shape index (κ3) is 3.96. The zero-order valence-electron chi connectivity index (χ0n) is 11.1. The van der Waals surface area contributed by atoms with E-state index in [2.05, 4.69) is 0 Å². The lowest BCUT2D eigenvalue weighted by atomic mass is 10.2. The van der Waals surface area contributed by atoms with E-state index in [9.17, 15) is 17.6 Å². The summed E-state index contributed by atoms with van der Waals surface area (Å²) in [4.78, 5) is 14.3. The van der Waals surface area contributed by atoms with E-state index < -0.39 is 9.84 Å². The number of carbonyl (C=O) groups excluding carboxylic acids is 1. The van der Waals surface area contributed by atoms with Gasteiger partial charge in [0.25, 0.3) is 0 Å². The van der Waals surface area contributed by atoms with Crippen LogP contribution in [0.5, 0.6) is 0 Å². The standard InChI is InChI=1S/C13H16FNO3S2/c1-15(11-6-7-20(17,18)9-11)13(16)8-19-12-4-2-10(14)3-5-12/h2-5,11H,6-9H2,1H3. The molecule has 0 aromatic heterocycles. The van der Waals surface area contributed by atoms with Gasteiger partial charge in [-0.2, -0.15) is 0 Å². The van der Waals surface area contributed by atoms with Gasteiger partial charge in [0.15, 0.2) is 9.84 Å². The van der Waals surface area contributed by atoms with Gasteiger partial charge in [-0.15, -0.1) is 11.8 Å². The predicted octanol–water partition coefficient (Wildman–Crippen LogP) is 1.56. The molecule has 1 heterocycles. The minimum atomic E-state index is -2.99. The molecule has 1 aromatic carbocycles. The maximum absolute atomic E-state index is 12.7. The van der Waals surface area contributed by atoms with Crippen LogP contribution in [0.2, 0.25) is 0 Å². The third-order valence-electron chi connectivity index (χ3n) is 3.33. The number of nitrogens with zero attached hydrogens (tertiary/aromatic N) is 1. The summed E-state index contributed by atoms with van der Waals surface area (Å²) in [6, 6.07) is 5.71. The van der Waals surface area contributed by atoms with Gasteiger partial charge in [-0.05, 0) is 30.7 Å². The van der Waals surface area contributed by atoms with Gasteiger partial charge in [0.05, 0.1) is 17.3 Å². The molecule has 1 saturated heterocycles. The maximum Gasteiger partial charge on any atom is 0.232 e. The van der Waals surface area contributed by atoms with E-state index in [0.29, 0.717) is 6.42 Å². The molecule has 4 nitrogen and oxygen atoms in total. The smallest absolute Gasteiger partial charge is 0.232 e. The first-order valence-corrected chi connectivity index (χ1v) is 9.02. The van der Waals surface area contributed by atoms with E-state index in [1.54, 1.807) is 19.2 Å². The molecule has 1 unspecified atom stereocenters. The first-order chi connectivity index (χ1) is 9.37. The molecule has 0 aliphatic carbocycles. The molecular weight excluding hydrogens is 301 g/mol. The second-order valence-corrected chi connectivity index (χ2v) is 8.08. The fraction of sp³-hybridized carbons (Fsp3) is 0.462. The van der Waals surface area contributed by atoms with Gasteiger partial charge in [0.1, 0.15) is 5.82 Å². The Kier molecular flexibility index (Phi) is 4.70. The largest absolute Gasteiger partial charge is 0.341 e. The number of hydrogen-bond acceptors (Lipinski definition) is 4. The average Bonchev–Trinajstić information content (AvgIpc) is 2.77. The Morgan fingerprint density at radius 1 is 1.40 bits per heavy atom. The van der Waals surface area contributed by atoms with Crippen molar-refractivity contribution in [3.05, 3.63) is 30.1 Å². The Balaban J connectivity index is 1.87. The minimum Gasteiger partial charge on any atom is -0.341 e. The summed E-state index contributed by atoms with van der Waals surface area (Å²) in [6.45, 7) is 0. The lowest BCUT2D eigenvalue weighted by Gasteiger charge is -2.23. The van der Waals surface area contributed by atoms with Crippen LogP contribution in [0.3, 0.4) is 0 Å². The Morgan fingerprint density at radius 2 is 2.05 bits per heavy atom. The first-order valence-electron chi connectivity index (χ1n) is 6.22. The molecule has 20 heavy (non-hydrogen) atoms. The van der Waals surface area contributed by atoms with Gasteiger partial charge in [-0.1, -0.05) is 0 Å². The van der Waals surface area contributed by atoms with Crippen LogP contribution in [0.15, 0.2) is 29.2 Å². The number of thioether (sulfide) groups is 1. The number of sulfone groups is 1. The lowest BCUT2D eigenvalue weighted by Crippen LogP contribution is -2.38. The van der Waals surface area contributed by atoms with Crippen LogP contribution in [0, 0.1) is 5.82 Å². The topological polar surface area (TPSA) is 54.5 Å². The minimum absolute atomic E-state index is 0.0520. The zero-order valence-corrected chi connectivity index (χ0v) is 12.7. The summed E-state index contributed by atoms with van der Waals surface area (Å²) in [5, 5.41) is 0. The van der Waals surface area contributed by atoms with E-state index in [1.807, 2.05) is 0 Å². The van der Waals surface area contributed by atoms with Gasteiger partial charge < -0.3 is 4.90 Å². The number of halogens is 1. The van der Waals surface area contributed by atoms with Gasteiger partial charge in [-0.25, -0.2) is 12.8 Å². The first kappa shape index (κ1) is 15.3. The summed E-state index contributed by atoms with van der Waals surface area (Å²) < 4.78 is 35.6. The Hall–Kier alpha value is -1.08. The molecule has 1 aromatic rings. The summed E-state index contributed by atoms with van der Waals surface area (Å²) >= 11 is 1.32. The van der Waals surface area contributed by atoms with Gasteiger partial charge in [0.2, 0.25) is 5.91 Å². The number of benzene rings is 1. The van der Waals surface area contributed by atoms with Crippen LogP contribution in [0.1, 0.15) is 6.42 Å². The van der Waals surface area contributed by atoms with Crippen molar-refractivity contribution in [2.24, 2.45) is 0 Å². The van der Waals surface area contributed by atoms with Crippen molar-refractivity contribution >= 4 is 27.5 Å². The van der Waals surface area contributed by atoms with E-state index in [1.165, 1.54) is 28.8 Å². The maximum atomic E-state index is 12.7. The number of amides is 1. The summed E-state index contributed by atoms with van der Waals surface area (Å²) in [5.74, 6) is 0.00517. The molecular formula is C13H16FNO3S2. The lowest BCUT2D eigenvalue weighted by molar-refractivity contribution is -0.128. The molecule has 0 N–H and O–H groups in total. The number of hydrogen-bond donors (Lipinski definition) is 0. The molecule has 2 rings (SSSR count). The van der Waals surface area contributed by atoms with Crippen LogP contribution in [0.25, 0.3) is 0 Å². The molecule has 1 atom stereocenters. The molecule has 7 heteroatoms. The highest BCUT2D eigenvalue weighted by Gasteiger charge is 2.32. The van der Waals surface area contributed by atoms with Gasteiger partial charge in [0, 0.05) is 18.0 Å². The molecule has 0 bridgehead atoms. The Bertz CT molecular complexity index is 586. The number of carbonyl (C=O) groups is 1. The molecule has 0 spiro atoms. The molecule has 110 valence electrons. The quantitative estimate of drug-likeness (QED) is 0.791. The van der Waals surface area contributed by atoms with Gasteiger partial charge in [-0.3, -0.25) is 4.79 Å². The predicted molar refractivity (Wildman–Crippen MR) is 77.0 cm³/mol. The molecule has 0 saturated carbocycles. The normalized spacial score (nSPS) is 20.8. The van der Waals surface area contributed by atoms with Crippen molar-refractivity contribution in [1.82, 2.24) is 4.90 Å².